The molecule has 0 amide bonds. The predicted molar refractivity (Wildman–Crippen MR) is 68.0 cm³/mol. The van der Waals surface area contributed by atoms with E-state index >= 15 is 0 Å². The molecule has 0 fully saturated rings. The zero-order chi connectivity index (χ0) is 11.3. The molecule has 84 valence electrons. The Morgan fingerprint density at radius 2 is 1.93 bits per heavy atom. The van der Waals surface area contributed by atoms with Gasteiger partial charge in [0.05, 0.1) is 0 Å². The average Bonchev–Trinajstić information content (AvgIpc) is 2.26. The van der Waals surface area contributed by atoms with Crippen LogP contribution < -0.4 is 5.73 Å². The lowest BCUT2D eigenvalue weighted by Gasteiger charge is -2.24. The summed E-state index contributed by atoms with van der Waals surface area (Å²) in [6.45, 7) is 6.56. The molecule has 0 spiro atoms. The molecular weight excluding hydrogens is 204 g/mol. The normalized spacial score (nSPS) is 15.3. The molecule has 2 N–H and O–H groups in total. The fourth-order valence-corrected chi connectivity index (χ4v) is 2.78. The number of hydrogen-bond acceptors (Lipinski definition) is 3. The molecule has 1 aromatic rings. The summed E-state index contributed by atoms with van der Waals surface area (Å²) in [5, 5.41) is 0.985. The molecule has 15 heavy (non-hydrogen) atoms. The van der Waals surface area contributed by atoms with Gasteiger partial charge in [-0.1, -0.05) is 20.8 Å². The van der Waals surface area contributed by atoms with Gasteiger partial charge in [0.15, 0.2) is 0 Å². The predicted octanol–water partition coefficient (Wildman–Crippen LogP) is 3.00. The van der Waals surface area contributed by atoms with Crippen molar-refractivity contribution in [2.45, 2.75) is 43.7 Å². The van der Waals surface area contributed by atoms with Gasteiger partial charge in [-0.15, -0.1) is 11.8 Å². The van der Waals surface area contributed by atoms with E-state index < -0.39 is 0 Å². The molecule has 0 aromatic carbocycles. The first-order chi connectivity index (χ1) is 7.15. The highest BCUT2D eigenvalue weighted by molar-refractivity contribution is 8.00. The summed E-state index contributed by atoms with van der Waals surface area (Å²) in [5.74, 6) is 0. The Morgan fingerprint density at radius 1 is 1.33 bits per heavy atom. The molecular formula is C12H20N2S. The van der Waals surface area contributed by atoms with E-state index in [1.54, 1.807) is 0 Å². The van der Waals surface area contributed by atoms with Crippen molar-refractivity contribution in [1.29, 1.82) is 0 Å². The van der Waals surface area contributed by atoms with E-state index in [4.69, 9.17) is 5.73 Å². The third-order valence-corrected chi connectivity index (χ3v) is 3.77. The van der Waals surface area contributed by atoms with Crippen molar-refractivity contribution >= 4 is 11.8 Å². The maximum Gasteiger partial charge on any atom is 0.0451 e. The summed E-state index contributed by atoms with van der Waals surface area (Å²) < 4.78 is 0. The van der Waals surface area contributed by atoms with Crippen molar-refractivity contribution in [3.05, 3.63) is 30.1 Å². The van der Waals surface area contributed by atoms with Crippen LogP contribution in [0.2, 0.25) is 0 Å². The van der Waals surface area contributed by atoms with Gasteiger partial charge in [0.25, 0.3) is 0 Å². The summed E-state index contributed by atoms with van der Waals surface area (Å²) in [7, 11) is 0. The Hall–Kier alpha value is -0.540. The second-order valence-corrected chi connectivity index (χ2v) is 5.68. The minimum absolute atomic E-state index is 0.222. The van der Waals surface area contributed by atoms with Gasteiger partial charge in [-0.3, -0.25) is 4.98 Å². The standard InChI is InChI=1S/C12H20N2S/c1-4-11(13)12(15-9(2)3)10-5-7-14-8-6-10/h5-9,11-12H,4,13H2,1-3H3. The SMILES string of the molecule is CCC(N)C(SC(C)C)c1ccncc1. The maximum atomic E-state index is 6.16. The second-order valence-electron chi connectivity index (χ2n) is 3.96. The monoisotopic (exact) mass is 224 g/mol. The molecule has 1 aromatic heterocycles. The first-order valence-electron chi connectivity index (χ1n) is 5.46. The fraction of sp³-hybridized carbons (Fsp3) is 0.583. The van der Waals surface area contributed by atoms with Crippen LogP contribution in [0.15, 0.2) is 24.5 Å². The Balaban J connectivity index is 2.81. The highest BCUT2D eigenvalue weighted by atomic mass is 32.2. The summed E-state index contributed by atoms with van der Waals surface area (Å²) in [6.07, 6.45) is 4.68. The molecule has 1 heterocycles. The Labute approximate surface area is 96.7 Å². The molecule has 2 unspecified atom stereocenters. The van der Waals surface area contributed by atoms with Crippen LogP contribution in [0.25, 0.3) is 0 Å². The van der Waals surface area contributed by atoms with Crippen molar-refractivity contribution in [1.82, 2.24) is 4.98 Å². The highest BCUT2D eigenvalue weighted by Gasteiger charge is 2.19. The molecule has 0 bridgehead atoms. The van der Waals surface area contributed by atoms with E-state index in [0.29, 0.717) is 10.5 Å². The number of pyridine rings is 1. The Kier molecular flexibility index (Phi) is 5.12. The van der Waals surface area contributed by atoms with Gasteiger partial charge in [0.2, 0.25) is 0 Å². The molecule has 3 heteroatoms. The Bertz CT molecular complexity index is 274. The van der Waals surface area contributed by atoms with E-state index in [0.717, 1.165) is 6.42 Å². The molecule has 0 radical (unpaired) electrons. The summed E-state index contributed by atoms with van der Waals surface area (Å²) >= 11 is 1.93. The van der Waals surface area contributed by atoms with E-state index in [2.05, 4.69) is 37.9 Å². The van der Waals surface area contributed by atoms with Crippen molar-refractivity contribution in [2.75, 3.05) is 0 Å². The Morgan fingerprint density at radius 3 is 2.40 bits per heavy atom. The van der Waals surface area contributed by atoms with Crippen LogP contribution in [0.5, 0.6) is 0 Å². The van der Waals surface area contributed by atoms with Gasteiger partial charge in [0.1, 0.15) is 0 Å². The van der Waals surface area contributed by atoms with Crippen LogP contribution in [-0.2, 0) is 0 Å². The number of thioether (sulfide) groups is 1. The number of nitrogens with two attached hydrogens (primary N) is 1. The topological polar surface area (TPSA) is 38.9 Å². The van der Waals surface area contributed by atoms with Crippen LogP contribution >= 0.6 is 11.8 Å². The zero-order valence-corrected chi connectivity index (χ0v) is 10.5. The summed E-state index contributed by atoms with van der Waals surface area (Å²) in [5.41, 5.74) is 7.45. The average molecular weight is 224 g/mol. The number of hydrogen-bond donors (Lipinski definition) is 1. The number of rotatable bonds is 5. The van der Waals surface area contributed by atoms with Crippen molar-refractivity contribution < 1.29 is 0 Å². The molecule has 0 aliphatic rings. The van der Waals surface area contributed by atoms with Crippen LogP contribution in [0.4, 0.5) is 0 Å². The van der Waals surface area contributed by atoms with Gasteiger partial charge in [0, 0.05) is 23.7 Å². The molecule has 0 aliphatic carbocycles. The van der Waals surface area contributed by atoms with Gasteiger partial charge in [-0.25, -0.2) is 0 Å². The highest BCUT2D eigenvalue weighted by Crippen LogP contribution is 2.34. The van der Waals surface area contributed by atoms with Crippen molar-refractivity contribution in [2.24, 2.45) is 5.73 Å². The largest absolute Gasteiger partial charge is 0.326 e. The third kappa shape index (κ3) is 3.84. The summed E-state index contributed by atoms with van der Waals surface area (Å²) in [4.78, 5) is 4.04. The van der Waals surface area contributed by atoms with Gasteiger partial charge >= 0.3 is 0 Å². The maximum absolute atomic E-state index is 6.16. The smallest absolute Gasteiger partial charge is 0.0451 e. The van der Waals surface area contributed by atoms with E-state index in [1.165, 1.54) is 5.56 Å². The molecule has 1 rings (SSSR count). The first kappa shape index (κ1) is 12.5. The second kappa shape index (κ2) is 6.13. The lowest BCUT2D eigenvalue weighted by molar-refractivity contribution is 0.632. The quantitative estimate of drug-likeness (QED) is 0.835. The van der Waals surface area contributed by atoms with Crippen LogP contribution in [0.3, 0.4) is 0 Å². The zero-order valence-electron chi connectivity index (χ0n) is 9.68. The van der Waals surface area contributed by atoms with Gasteiger partial charge < -0.3 is 5.73 Å². The fourth-order valence-electron chi connectivity index (χ4n) is 1.49. The molecule has 0 aliphatic heterocycles. The van der Waals surface area contributed by atoms with Gasteiger partial charge in [-0.05, 0) is 29.4 Å². The molecule has 2 atom stereocenters. The molecule has 0 saturated heterocycles. The van der Waals surface area contributed by atoms with Gasteiger partial charge in [-0.2, -0.15) is 0 Å². The van der Waals surface area contributed by atoms with Crippen LogP contribution in [0, 0.1) is 0 Å². The van der Waals surface area contributed by atoms with Crippen molar-refractivity contribution in [3.8, 4) is 0 Å². The van der Waals surface area contributed by atoms with Crippen LogP contribution in [0.1, 0.15) is 38.0 Å². The minimum Gasteiger partial charge on any atom is -0.326 e. The minimum atomic E-state index is 0.222. The molecule has 2 nitrogen and oxygen atoms in total. The summed E-state index contributed by atoms with van der Waals surface area (Å²) in [6, 6.07) is 4.35. The van der Waals surface area contributed by atoms with Crippen LogP contribution in [-0.4, -0.2) is 16.3 Å². The van der Waals surface area contributed by atoms with E-state index in [9.17, 15) is 0 Å². The van der Waals surface area contributed by atoms with Crippen molar-refractivity contribution in [3.63, 3.8) is 0 Å². The lowest BCUT2D eigenvalue weighted by Crippen LogP contribution is -2.26. The van der Waals surface area contributed by atoms with E-state index in [-0.39, 0.29) is 6.04 Å². The molecule has 0 saturated carbocycles. The number of aromatic nitrogens is 1. The van der Waals surface area contributed by atoms with E-state index in [1.807, 2.05) is 24.2 Å². The lowest BCUT2D eigenvalue weighted by atomic mass is 10.1. The third-order valence-electron chi connectivity index (χ3n) is 2.31. The first-order valence-corrected chi connectivity index (χ1v) is 6.40. The number of nitrogens with zero attached hydrogens (tertiary/aromatic N) is 1.